The summed E-state index contributed by atoms with van der Waals surface area (Å²) in [5.41, 5.74) is 6.87. The van der Waals surface area contributed by atoms with Crippen LogP contribution in [0, 0.1) is 11.7 Å². The molecule has 2 atom stereocenters. The van der Waals surface area contributed by atoms with Crippen LogP contribution in [0.25, 0.3) is 0 Å². The van der Waals surface area contributed by atoms with Crippen molar-refractivity contribution in [3.63, 3.8) is 0 Å². The molecular formula is C18H21ClFN5. The van der Waals surface area contributed by atoms with Gasteiger partial charge >= 0.3 is 0 Å². The molecule has 0 bridgehead atoms. The van der Waals surface area contributed by atoms with Crippen LogP contribution in [0.4, 0.5) is 10.2 Å². The van der Waals surface area contributed by atoms with Gasteiger partial charge in [0, 0.05) is 18.8 Å². The monoisotopic (exact) mass is 361 g/mol. The first-order valence-electron chi connectivity index (χ1n) is 8.18. The minimum Gasteiger partial charge on any atom is -0.370 e. The van der Waals surface area contributed by atoms with Gasteiger partial charge in [-0.15, -0.1) is 0 Å². The van der Waals surface area contributed by atoms with Gasteiger partial charge in [0.15, 0.2) is 5.96 Å². The highest BCUT2D eigenvalue weighted by molar-refractivity contribution is 6.30. The molecule has 0 radical (unpaired) electrons. The molecule has 2 aromatic rings. The molecule has 2 heterocycles. The number of nitrogens with zero attached hydrogens (tertiary/aromatic N) is 3. The van der Waals surface area contributed by atoms with Crippen molar-refractivity contribution in [3.8, 4) is 0 Å². The number of nitrogens with one attached hydrogen (secondary N) is 1. The Balaban J connectivity index is 1.70. The SMILES string of the molecule is CN1CCC(CN=C(N)Nc2ccccn2)C1c1ccc(Cl)c(F)c1. The lowest BCUT2D eigenvalue weighted by Crippen LogP contribution is -2.26. The second kappa shape index (κ2) is 7.80. The lowest BCUT2D eigenvalue weighted by molar-refractivity contribution is 0.279. The number of rotatable bonds is 4. The van der Waals surface area contributed by atoms with Gasteiger partial charge < -0.3 is 11.1 Å². The second-order valence-corrected chi connectivity index (χ2v) is 6.62. The molecule has 7 heteroatoms. The zero-order valence-corrected chi connectivity index (χ0v) is 14.7. The van der Waals surface area contributed by atoms with Crippen molar-refractivity contribution in [2.75, 3.05) is 25.5 Å². The Morgan fingerprint density at radius 1 is 1.44 bits per heavy atom. The summed E-state index contributed by atoms with van der Waals surface area (Å²) in [5, 5.41) is 3.12. The van der Waals surface area contributed by atoms with E-state index < -0.39 is 5.82 Å². The number of guanidine groups is 1. The van der Waals surface area contributed by atoms with E-state index in [1.165, 1.54) is 6.07 Å². The van der Waals surface area contributed by atoms with Crippen molar-refractivity contribution in [2.45, 2.75) is 12.5 Å². The first-order valence-corrected chi connectivity index (χ1v) is 8.55. The zero-order chi connectivity index (χ0) is 17.8. The second-order valence-electron chi connectivity index (χ2n) is 6.21. The third-order valence-corrected chi connectivity index (χ3v) is 4.78. The first kappa shape index (κ1) is 17.6. The van der Waals surface area contributed by atoms with Crippen molar-refractivity contribution < 1.29 is 4.39 Å². The molecule has 3 N–H and O–H groups in total. The number of aromatic nitrogens is 1. The third kappa shape index (κ3) is 4.27. The molecule has 1 aliphatic rings. The molecule has 0 saturated carbocycles. The molecule has 3 rings (SSSR count). The van der Waals surface area contributed by atoms with E-state index in [9.17, 15) is 4.39 Å². The van der Waals surface area contributed by atoms with Gasteiger partial charge in [-0.25, -0.2) is 9.37 Å². The van der Waals surface area contributed by atoms with Crippen LogP contribution in [0.1, 0.15) is 18.0 Å². The lowest BCUT2D eigenvalue weighted by atomic mass is 9.94. The van der Waals surface area contributed by atoms with Crippen LogP contribution in [-0.2, 0) is 0 Å². The Bertz CT molecular complexity index is 752. The van der Waals surface area contributed by atoms with Gasteiger partial charge in [0.25, 0.3) is 0 Å². The molecule has 0 amide bonds. The summed E-state index contributed by atoms with van der Waals surface area (Å²) in [6.07, 6.45) is 2.67. The standard InChI is InChI=1S/C18H21ClFN5/c1-25-9-7-13(17(25)12-5-6-14(19)15(20)10-12)11-23-18(21)24-16-4-2-3-8-22-16/h2-6,8,10,13,17H,7,9,11H2,1H3,(H3,21,22,23,24). The van der Waals surface area contributed by atoms with E-state index in [2.05, 4.69) is 20.2 Å². The predicted molar refractivity (Wildman–Crippen MR) is 99.2 cm³/mol. The maximum atomic E-state index is 13.8. The fraction of sp³-hybridized carbons (Fsp3) is 0.333. The average molecular weight is 362 g/mol. The molecule has 132 valence electrons. The van der Waals surface area contributed by atoms with Crippen molar-refractivity contribution in [2.24, 2.45) is 16.6 Å². The molecular weight excluding hydrogens is 341 g/mol. The fourth-order valence-electron chi connectivity index (χ4n) is 3.26. The number of benzene rings is 1. The number of nitrogens with two attached hydrogens (primary N) is 1. The molecule has 5 nitrogen and oxygen atoms in total. The first-order chi connectivity index (χ1) is 12.0. The average Bonchev–Trinajstić information content (AvgIpc) is 2.97. The number of anilines is 1. The summed E-state index contributed by atoms with van der Waals surface area (Å²) in [5.74, 6) is 0.852. The van der Waals surface area contributed by atoms with E-state index in [-0.39, 0.29) is 17.0 Å². The van der Waals surface area contributed by atoms with Gasteiger partial charge in [0.2, 0.25) is 0 Å². The van der Waals surface area contributed by atoms with E-state index in [1.54, 1.807) is 12.3 Å². The summed E-state index contributed by atoms with van der Waals surface area (Å²) < 4.78 is 13.8. The molecule has 1 aromatic heterocycles. The van der Waals surface area contributed by atoms with Gasteiger partial charge in [0.1, 0.15) is 11.6 Å². The topological polar surface area (TPSA) is 66.5 Å². The Morgan fingerprint density at radius 3 is 3.00 bits per heavy atom. The van der Waals surface area contributed by atoms with Gasteiger partial charge in [-0.2, -0.15) is 0 Å². The number of hydrogen-bond acceptors (Lipinski definition) is 3. The van der Waals surface area contributed by atoms with Crippen LogP contribution in [0.5, 0.6) is 0 Å². The Hall–Kier alpha value is -2.18. The van der Waals surface area contributed by atoms with Crippen molar-refractivity contribution in [1.82, 2.24) is 9.88 Å². The van der Waals surface area contributed by atoms with Gasteiger partial charge in [-0.1, -0.05) is 23.7 Å². The van der Waals surface area contributed by atoms with E-state index in [4.69, 9.17) is 17.3 Å². The summed E-state index contributed by atoms with van der Waals surface area (Å²) >= 11 is 5.80. The number of hydrogen-bond donors (Lipinski definition) is 2. The maximum Gasteiger partial charge on any atom is 0.194 e. The number of halogens is 2. The Kier molecular flexibility index (Phi) is 5.50. The summed E-state index contributed by atoms with van der Waals surface area (Å²) in [6, 6.07) is 10.6. The van der Waals surface area contributed by atoms with E-state index in [0.29, 0.717) is 18.3 Å². The third-order valence-electron chi connectivity index (χ3n) is 4.48. The Morgan fingerprint density at radius 2 is 2.28 bits per heavy atom. The fourth-order valence-corrected chi connectivity index (χ4v) is 3.38. The molecule has 1 aliphatic heterocycles. The van der Waals surface area contributed by atoms with Crippen molar-refractivity contribution in [3.05, 3.63) is 59.0 Å². The molecule has 1 fully saturated rings. The highest BCUT2D eigenvalue weighted by Gasteiger charge is 2.33. The van der Waals surface area contributed by atoms with E-state index in [0.717, 1.165) is 18.5 Å². The van der Waals surface area contributed by atoms with Gasteiger partial charge in [-0.3, -0.25) is 9.89 Å². The zero-order valence-electron chi connectivity index (χ0n) is 14.0. The van der Waals surface area contributed by atoms with E-state index in [1.807, 2.05) is 31.3 Å². The summed E-state index contributed by atoms with van der Waals surface area (Å²) in [6.45, 7) is 1.49. The summed E-state index contributed by atoms with van der Waals surface area (Å²) in [4.78, 5) is 10.8. The number of aliphatic imine (C=N–C) groups is 1. The maximum absolute atomic E-state index is 13.8. The predicted octanol–water partition coefficient (Wildman–Crippen LogP) is 3.29. The van der Waals surface area contributed by atoms with Crippen molar-refractivity contribution in [1.29, 1.82) is 0 Å². The number of likely N-dealkylation sites (tertiary alicyclic amines) is 1. The number of pyridine rings is 1. The van der Waals surface area contributed by atoms with Crippen LogP contribution in [-0.4, -0.2) is 36.0 Å². The molecule has 1 aromatic carbocycles. The van der Waals surface area contributed by atoms with Crippen LogP contribution in [0.2, 0.25) is 5.02 Å². The highest BCUT2D eigenvalue weighted by Crippen LogP contribution is 2.37. The molecule has 0 spiro atoms. The smallest absolute Gasteiger partial charge is 0.194 e. The van der Waals surface area contributed by atoms with Crippen LogP contribution < -0.4 is 11.1 Å². The largest absolute Gasteiger partial charge is 0.370 e. The van der Waals surface area contributed by atoms with Crippen LogP contribution in [0.15, 0.2) is 47.6 Å². The molecule has 0 aliphatic carbocycles. The van der Waals surface area contributed by atoms with Gasteiger partial charge in [-0.05, 0) is 55.8 Å². The van der Waals surface area contributed by atoms with Crippen molar-refractivity contribution >= 4 is 23.4 Å². The molecule has 1 saturated heterocycles. The van der Waals surface area contributed by atoms with Crippen LogP contribution >= 0.6 is 11.6 Å². The highest BCUT2D eigenvalue weighted by atomic mass is 35.5. The molecule has 2 unspecified atom stereocenters. The normalized spacial score (nSPS) is 21.5. The quantitative estimate of drug-likeness (QED) is 0.647. The van der Waals surface area contributed by atoms with Crippen LogP contribution in [0.3, 0.4) is 0 Å². The minimum absolute atomic E-state index is 0.0955. The minimum atomic E-state index is -0.391. The van der Waals surface area contributed by atoms with Gasteiger partial charge in [0.05, 0.1) is 5.02 Å². The lowest BCUT2D eigenvalue weighted by Gasteiger charge is -2.25. The summed E-state index contributed by atoms with van der Waals surface area (Å²) in [7, 11) is 2.04. The Labute approximate surface area is 151 Å². The van der Waals surface area contributed by atoms with E-state index >= 15 is 0 Å². The molecule has 25 heavy (non-hydrogen) atoms.